The van der Waals surface area contributed by atoms with Crippen LogP contribution in [-0.4, -0.2) is 50.4 Å². The van der Waals surface area contributed by atoms with Gasteiger partial charge < -0.3 is 20.3 Å². The summed E-state index contributed by atoms with van der Waals surface area (Å²) in [6, 6.07) is 11.7. The van der Waals surface area contributed by atoms with E-state index in [1.54, 1.807) is 49.4 Å². The molecule has 0 bridgehead atoms. The van der Waals surface area contributed by atoms with Crippen LogP contribution in [0.4, 0.5) is 5.69 Å². The van der Waals surface area contributed by atoms with Crippen LogP contribution in [0.2, 0.25) is 0 Å². The van der Waals surface area contributed by atoms with E-state index in [0.29, 0.717) is 31.8 Å². The van der Waals surface area contributed by atoms with Crippen LogP contribution in [0, 0.1) is 6.92 Å². The lowest BCUT2D eigenvalue weighted by Gasteiger charge is -2.12. The average Bonchev–Trinajstić information content (AvgIpc) is 3.00. The normalized spacial score (nSPS) is 14.7. The number of anilines is 1. The first-order chi connectivity index (χ1) is 15.2. The fourth-order valence-electron chi connectivity index (χ4n) is 2.78. The standard InChI is InChI=1S/C22H20N2O6S2/c1-13-5-6-15(11-17(13)25)23-19(26)12-30-16-4-2-3-14(9-16)10-18-21(29)24(22(31)32-18)8-7-20(27)28/h2-6,9-11,25H,7-8,12H2,1H3,(H,23,26)(H,27,28). The van der Waals surface area contributed by atoms with Crippen molar-refractivity contribution in [2.75, 3.05) is 18.5 Å². The minimum Gasteiger partial charge on any atom is -0.508 e. The highest BCUT2D eigenvalue weighted by Crippen LogP contribution is 2.33. The topological polar surface area (TPSA) is 116 Å². The lowest BCUT2D eigenvalue weighted by atomic mass is 10.2. The quantitative estimate of drug-likeness (QED) is 0.396. The molecule has 0 aliphatic carbocycles. The highest BCUT2D eigenvalue weighted by molar-refractivity contribution is 8.26. The van der Waals surface area contributed by atoms with Gasteiger partial charge in [0.1, 0.15) is 15.8 Å². The Kier molecular flexibility index (Phi) is 7.49. The van der Waals surface area contributed by atoms with Gasteiger partial charge in [0.2, 0.25) is 0 Å². The second-order valence-corrected chi connectivity index (χ2v) is 8.56. The summed E-state index contributed by atoms with van der Waals surface area (Å²) >= 11 is 6.28. The third-order valence-corrected chi connectivity index (χ3v) is 5.82. The van der Waals surface area contributed by atoms with Crippen molar-refractivity contribution in [1.29, 1.82) is 0 Å². The predicted octanol–water partition coefficient (Wildman–Crippen LogP) is 3.39. The Balaban J connectivity index is 1.61. The van der Waals surface area contributed by atoms with Crippen LogP contribution in [0.1, 0.15) is 17.5 Å². The Morgan fingerprint density at radius 1 is 1.25 bits per heavy atom. The Hall–Kier alpha value is -3.37. The van der Waals surface area contributed by atoms with Gasteiger partial charge in [0.05, 0.1) is 11.3 Å². The molecule has 8 nitrogen and oxygen atoms in total. The van der Waals surface area contributed by atoms with Gasteiger partial charge in [-0.15, -0.1) is 0 Å². The molecule has 2 aromatic rings. The molecule has 32 heavy (non-hydrogen) atoms. The SMILES string of the molecule is Cc1ccc(NC(=O)COc2cccc(C=C3SC(=S)N(CCC(=O)O)C3=O)c2)cc1O. The van der Waals surface area contributed by atoms with Gasteiger partial charge in [0.15, 0.2) is 6.61 Å². The van der Waals surface area contributed by atoms with Crippen LogP contribution in [-0.2, 0) is 14.4 Å². The molecular weight excluding hydrogens is 452 g/mol. The number of nitrogens with zero attached hydrogens (tertiary/aromatic N) is 1. The minimum atomic E-state index is -1.00. The fraction of sp³-hybridized carbons (Fsp3) is 0.182. The number of hydrogen-bond donors (Lipinski definition) is 3. The molecule has 10 heteroatoms. The van der Waals surface area contributed by atoms with Gasteiger partial charge in [0, 0.05) is 18.3 Å². The molecule has 2 aromatic carbocycles. The van der Waals surface area contributed by atoms with E-state index in [9.17, 15) is 19.5 Å². The zero-order valence-corrected chi connectivity index (χ0v) is 18.7. The van der Waals surface area contributed by atoms with E-state index < -0.39 is 11.9 Å². The molecule has 0 radical (unpaired) electrons. The maximum Gasteiger partial charge on any atom is 0.305 e. The molecular formula is C22H20N2O6S2. The van der Waals surface area contributed by atoms with Crippen molar-refractivity contribution >= 4 is 57.8 Å². The number of benzene rings is 2. The van der Waals surface area contributed by atoms with Crippen LogP contribution in [0.5, 0.6) is 11.5 Å². The smallest absolute Gasteiger partial charge is 0.305 e. The first-order valence-corrected chi connectivity index (χ1v) is 10.7. The highest BCUT2D eigenvalue weighted by atomic mass is 32.2. The first kappa shape index (κ1) is 23.3. The van der Waals surface area contributed by atoms with Crippen LogP contribution in [0.3, 0.4) is 0 Å². The monoisotopic (exact) mass is 472 g/mol. The number of phenolic OH excluding ortho intramolecular Hbond substituents is 1. The minimum absolute atomic E-state index is 0.0222. The van der Waals surface area contributed by atoms with Gasteiger partial charge in [-0.3, -0.25) is 19.3 Å². The highest BCUT2D eigenvalue weighted by Gasteiger charge is 2.32. The molecule has 0 unspecified atom stereocenters. The fourth-order valence-corrected chi connectivity index (χ4v) is 4.09. The Morgan fingerprint density at radius 2 is 2.03 bits per heavy atom. The van der Waals surface area contributed by atoms with Crippen LogP contribution < -0.4 is 10.1 Å². The average molecular weight is 473 g/mol. The number of aryl methyl sites for hydroxylation is 1. The van der Waals surface area contributed by atoms with Gasteiger partial charge in [-0.1, -0.05) is 42.2 Å². The number of carbonyl (C=O) groups is 3. The molecule has 1 heterocycles. The van der Waals surface area contributed by atoms with Crippen molar-refractivity contribution in [2.24, 2.45) is 0 Å². The van der Waals surface area contributed by atoms with Crippen molar-refractivity contribution in [3.63, 3.8) is 0 Å². The zero-order chi connectivity index (χ0) is 23.3. The number of aliphatic carboxylic acids is 1. The summed E-state index contributed by atoms with van der Waals surface area (Å²) in [5.41, 5.74) is 1.83. The number of thioether (sulfide) groups is 1. The molecule has 1 aliphatic heterocycles. The van der Waals surface area contributed by atoms with Crippen molar-refractivity contribution in [2.45, 2.75) is 13.3 Å². The number of phenols is 1. The number of hydrogen-bond acceptors (Lipinski definition) is 7. The molecule has 0 aromatic heterocycles. The molecule has 1 fully saturated rings. The van der Waals surface area contributed by atoms with E-state index in [2.05, 4.69) is 5.32 Å². The number of amides is 2. The number of carboxylic acids is 1. The second kappa shape index (κ2) is 10.3. The van der Waals surface area contributed by atoms with Crippen molar-refractivity contribution < 1.29 is 29.3 Å². The van der Waals surface area contributed by atoms with E-state index >= 15 is 0 Å². The van der Waals surface area contributed by atoms with Gasteiger partial charge in [-0.25, -0.2) is 0 Å². The molecule has 166 valence electrons. The number of carboxylic acid groups (broad SMARTS) is 1. The van der Waals surface area contributed by atoms with E-state index in [1.807, 2.05) is 0 Å². The number of carbonyl (C=O) groups excluding carboxylic acids is 2. The van der Waals surface area contributed by atoms with Crippen LogP contribution in [0.25, 0.3) is 6.08 Å². The van der Waals surface area contributed by atoms with Crippen LogP contribution in [0.15, 0.2) is 47.4 Å². The largest absolute Gasteiger partial charge is 0.508 e. The van der Waals surface area contributed by atoms with E-state index in [1.165, 1.54) is 11.0 Å². The summed E-state index contributed by atoms with van der Waals surface area (Å²) in [6.07, 6.45) is 1.45. The Bertz CT molecular complexity index is 1120. The van der Waals surface area contributed by atoms with Crippen molar-refractivity contribution in [1.82, 2.24) is 4.90 Å². The van der Waals surface area contributed by atoms with Gasteiger partial charge in [-0.05, 0) is 42.3 Å². The number of aromatic hydroxyl groups is 1. The third-order valence-electron chi connectivity index (χ3n) is 4.44. The molecule has 0 spiro atoms. The predicted molar refractivity (Wildman–Crippen MR) is 126 cm³/mol. The number of nitrogens with one attached hydrogen (secondary N) is 1. The molecule has 1 saturated heterocycles. The number of thiocarbonyl (C=S) groups is 1. The van der Waals surface area contributed by atoms with Gasteiger partial charge >= 0.3 is 5.97 Å². The molecule has 2 amide bonds. The van der Waals surface area contributed by atoms with Crippen LogP contribution >= 0.6 is 24.0 Å². The maximum absolute atomic E-state index is 12.5. The molecule has 3 N–H and O–H groups in total. The summed E-state index contributed by atoms with van der Waals surface area (Å²) in [5.74, 6) is -1.21. The Labute approximate surface area is 193 Å². The van der Waals surface area contributed by atoms with E-state index in [4.69, 9.17) is 22.1 Å². The van der Waals surface area contributed by atoms with Crippen molar-refractivity contribution in [3.05, 3.63) is 58.5 Å². The first-order valence-electron chi connectivity index (χ1n) is 9.52. The lowest BCUT2D eigenvalue weighted by molar-refractivity contribution is -0.137. The molecule has 1 aliphatic rings. The third kappa shape index (κ3) is 6.08. The van der Waals surface area contributed by atoms with E-state index in [-0.39, 0.29) is 31.2 Å². The lowest BCUT2D eigenvalue weighted by Crippen LogP contribution is -2.30. The van der Waals surface area contributed by atoms with Gasteiger partial charge in [0.25, 0.3) is 11.8 Å². The Morgan fingerprint density at radius 3 is 2.75 bits per heavy atom. The summed E-state index contributed by atoms with van der Waals surface area (Å²) < 4.78 is 5.85. The summed E-state index contributed by atoms with van der Waals surface area (Å²) in [7, 11) is 0. The number of ether oxygens (including phenoxy) is 1. The summed E-state index contributed by atoms with van der Waals surface area (Å²) in [5, 5.41) is 21.2. The summed E-state index contributed by atoms with van der Waals surface area (Å²) in [4.78, 5) is 37.1. The molecule has 0 saturated carbocycles. The summed E-state index contributed by atoms with van der Waals surface area (Å²) in [6.45, 7) is 1.54. The van der Waals surface area contributed by atoms with Crippen molar-refractivity contribution in [3.8, 4) is 11.5 Å². The van der Waals surface area contributed by atoms with E-state index in [0.717, 1.165) is 11.8 Å². The molecule has 3 rings (SSSR count). The molecule has 0 atom stereocenters. The second-order valence-electron chi connectivity index (χ2n) is 6.89. The maximum atomic E-state index is 12.5. The zero-order valence-electron chi connectivity index (χ0n) is 17.0. The van der Waals surface area contributed by atoms with Gasteiger partial charge in [-0.2, -0.15) is 0 Å². The number of rotatable bonds is 8.